The number of para-hydroxylation sites is 1. The molecule has 8 aromatic carbocycles. The molecule has 0 aliphatic heterocycles. The molecule has 3 aliphatic rings. The second kappa shape index (κ2) is 15.9. The maximum absolute atomic E-state index is 2.61. The maximum atomic E-state index is 2.61. The van der Waals surface area contributed by atoms with Crippen LogP contribution in [0.2, 0.25) is 0 Å². The Morgan fingerprint density at radius 2 is 1.23 bits per heavy atom. The van der Waals surface area contributed by atoms with Gasteiger partial charge in [-0.15, -0.1) is 0 Å². The van der Waals surface area contributed by atoms with Crippen molar-refractivity contribution in [3.8, 4) is 11.1 Å². The van der Waals surface area contributed by atoms with Crippen molar-refractivity contribution in [1.29, 1.82) is 0 Å². The van der Waals surface area contributed by atoms with Gasteiger partial charge < -0.3 is 4.90 Å². The van der Waals surface area contributed by atoms with E-state index in [2.05, 4.69) is 229 Å². The highest BCUT2D eigenvalue weighted by Crippen LogP contribution is 2.62. The van der Waals surface area contributed by atoms with Gasteiger partial charge in [-0.1, -0.05) is 194 Å². The highest BCUT2D eigenvalue weighted by atomic mass is 15.1. The van der Waals surface area contributed by atoms with Crippen molar-refractivity contribution in [2.45, 2.75) is 43.4 Å². The summed E-state index contributed by atoms with van der Waals surface area (Å²) in [4.78, 5) is 2.44. The SMILES string of the molecule is C1=CCC(C2(c3ccccc3)c3cc(CC(c4ccccc4)c4ccccc4)ccc3-c3c2c2ccc(N(C4=CCCC=C4)c4ccccc4)cc2c2ccccc32)C=CC1. The number of nitrogens with zero attached hydrogens (tertiary/aromatic N) is 1. The largest absolute Gasteiger partial charge is 0.311 e. The van der Waals surface area contributed by atoms with Crippen molar-refractivity contribution in [1.82, 2.24) is 0 Å². The van der Waals surface area contributed by atoms with Gasteiger partial charge >= 0.3 is 0 Å². The number of hydrogen-bond donors (Lipinski definition) is 0. The van der Waals surface area contributed by atoms with Gasteiger partial charge in [0.2, 0.25) is 0 Å². The fourth-order valence-corrected chi connectivity index (χ4v) is 10.9. The second-order valence-corrected chi connectivity index (χ2v) is 16.9. The Kier molecular flexibility index (Phi) is 9.66. The molecule has 0 saturated heterocycles. The van der Waals surface area contributed by atoms with Crippen LogP contribution in [0.4, 0.5) is 11.4 Å². The first-order valence-electron chi connectivity index (χ1n) is 22.1. The Morgan fingerprint density at radius 3 is 1.95 bits per heavy atom. The van der Waals surface area contributed by atoms with Gasteiger partial charge in [0.05, 0.1) is 5.41 Å². The predicted molar refractivity (Wildman–Crippen MR) is 258 cm³/mol. The summed E-state index contributed by atoms with van der Waals surface area (Å²) in [6, 6.07) is 68.5. The molecule has 11 rings (SSSR count). The first-order valence-corrected chi connectivity index (χ1v) is 22.1. The summed E-state index contributed by atoms with van der Waals surface area (Å²) >= 11 is 0. The Morgan fingerprint density at radius 1 is 0.541 bits per heavy atom. The Hall–Kier alpha value is -6.96. The first-order chi connectivity index (χ1) is 30.3. The molecule has 0 heterocycles. The van der Waals surface area contributed by atoms with Crippen LogP contribution in [-0.4, -0.2) is 0 Å². The lowest BCUT2D eigenvalue weighted by molar-refractivity contribution is 0.463. The number of benzene rings is 8. The minimum absolute atomic E-state index is 0.199. The van der Waals surface area contributed by atoms with Crippen LogP contribution in [0.1, 0.15) is 65.0 Å². The Labute approximate surface area is 360 Å². The number of rotatable bonds is 9. The number of allylic oxidation sites excluding steroid dienone is 7. The molecular weight excluding hydrogens is 735 g/mol. The van der Waals surface area contributed by atoms with Gasteiger partial charge in [-0.25, -0.2) is 0 Å². The van der Waals surface area contributed by atoms with Gasteiger partial charge in [0, 0.05) is 23.0 Å². The van der Waals surface area contributed by atoms with E-state index in [1.807, 2.05) is 0 Å². The minimum atomic E-state index is -0.445. The summed E-state index contributed by atoms with van der Waals surface area (Å²) < 4.78 is 0. The molecule has 0 N–H and O–H groups in total. The van der Waals surface area contributed by atoms with Crippen LogP contribution >= 0.6 is 0 Å². The van der Waals surface area contributed by atoms with Crippen LogP contribution in [0.25, 0.3) is 32.7 Å². The van der Waals surface area contributed by atoms with E-state index in [0.717, 1.165) is 32.1 Å². The van der Waals surface area contributed by atoms with Crippen LogP contribution in [0, 0.1) is 5.92 Å². The average molecular weight is 784 g/mol. The zero-order valence-corrected chi connectivity index (χ0v) is 34.5. The second-order valence-electron chi connectivity index (χ2n) is 16.9. The molecule has 61 heavy (non-hydrogen) atoms. The third-order valence-corrected chi connectivity index (χ3v) is 13.5. The van der Waals surface area contributed by atoms with Crippen molar-refractivity contribution in [3.63, 3.8) is 0 Å². The molecule has 1 nitrogen and oxygen atoms in total. The quantitative estimate of drug-likeness (QED) is 0.104. The van der Waals surface area contributed by atoms with Gasteiger partial charge in [-0.2, -0.15) is 0 Å². The van der Waals surface area contributed by atoms with Crippen LogP contribution in [0.3, 0.4) is 0 Å². The standard InChI is InChI=1S/C60H49N/c1-2-13-27-46(26-12-1)60(47-28-14-5-15-29-47)57-41-43(40-55(44-22-8-3-9-23-44)45-24-10-4-11-25-45)36-38-54(57)58-52-35-21-20-34-51(52)56-42-50(37-39-53(56)59(58)60)61(48-30-16-6-17-31-48)49-32-18-7-19-33-49/h1,3-6,8-18,20-25,27-39,41-42,46,55H,2,7,19,26,40H2. The molecule has 1 heteroatoms. The molecule has 3 aliphatic carbocycles. The van der Waals surface area contributed by atoms with Crippen molar-refractivity contribution in [2.24, 2.45) is 5.92 Å². The van der Waals surface area contributed by atoms with Crippen LogP contribution in [-0.2, 0) is 11.8 Å². The summed E-state index contributed by atoms with van der Waals surface area (Å²) in [6.07, 6.45) is 21.7. The topological polar surface area (TPSA) is 3.24 Å². The normalized spacial score (nSPS) is 17.9. The van der Waals surface area contributed by atoms with E-state index < -0.39 is 5.41 Å². The summed E-state index contributed by atoms with van der Waals surface area (Å²) in [5.74, 6) is 0.433. The molecule has 0 spiro atoms. The van der Waals surface area contributed by atoms with Crippen molar-refractivity contribution in [2.75, 3.05) is 4.90 Å². The summed E-state index contributed by atoms with van der Waals surface area (Å²) in [7, 11) is 0. The minimum Gasteiger partial charge on any atom is -0.311 e. The summed E-state index contributed by atoms with van der Waals surface area (Å²) in [5.41, 5.74) is 14.1. The summed E-state index contributed by atoms with van der Waals surface area (Å²) in [5, 5.41) is 5.23. The summed E-state index contributed by atoms with van der Waals surface area (Å²) in [6.45, 7) is 0. The Bertz CT molecular complexity index is 2950. The van der Waals surface area contributed by atoms with Crippen molar-refractivity contribution >= 4 is 32.9 Å². The predicted octanol–water partition coefficient (Wildman–Crippen LogP) is 15.6. The van der Waals surface area contributed by atoms with E-state index >= 15 is 0 Å². The number of fused-ring (bicyclic) bond motifs is 8. The third-order valence-electron chi connectivity index (χ3n) is 13.5. The monoisotopic (exact) mass is 783 g/mol. The van der Waals surface area contributed by atoms with Crippen LogP contribution in [0.15, 0.2) is 230 Å². The fourth-order valence-electron chi connectivity index (χ4n) is 10.9. The van der Waals surface area contributed by atoms with E-state index in [1.165, 1.54) is 83.1 Å². The lowest BCUT2D eigenvalue weighted by atomic mass is 9.62. The third kappa shape index (κ3) is 6.39. The smallest absolute Gasteiger partial charge is 0.0535 e. The molecule has 0 radical (unpaired) electrons. The number of anilines is 2. The molecule has 294 valence electrons. The zero-order valence-electron chi connectivity index (χ0n) is 34.5. The molecule has 0 fully saturated rings. The molecule has 8 aromatic rings. The highest BCUT2D eigenvalue weighted by Gasteiger charge is 2.51. The zero-order chi connectivity index (χ0) is 40.6. The lowest BCUT2D eigenvalue weighted by Gasteiger charge is -2.40. The first kappa shape index (κ1) is 37.1. The lowest BCUT2D eigenvalue weighted by Crippen LogP contribution is -2.35. The fraction of sp³-hybridized carbons (Fsp3) is 0.133. The molecular formula is C60H49N. The van der Waals surface area contributed by atoms with E-state index in [4.69, 9.17) is 0 Å². The average Bonchev–Trinajstić information content (AvgIpc) is 3.42. The van der Waals surface area contributed by atoms with Gasteiger partial charge in [-0.3, -0.25) is 0 Å². The van der Waals surface area contributed by atoms with E-state index in [0.29, 0.717) is 0 Å². The van der Waals surface area contributed by atoms with Crippen molar-refractivity contribution < 1.29 is 0 Å². The van der Waals surface area contributed by atoms with Crippen LogP contribution < -0.4 is 4.90 Å². The highest BCUT2D eigenvalue weighted by molar-refractivity contribution is 6.19. The van der Waals surface area contributed by atoms with Gasteiger partial charge in [0.15, 0.2) is 0 Å². The van der Waals surface area contributed by atoms with Crippen LogP contribution in [0.5, 0.6) is 0 Å². The van der Waals surface area contributed by atoms with Gasteiger partial charge in [0.25, 0.3) is 0 Å². The van der Waals surface area contributed by atoms with E-state index in [-0.39, 0.29) is 11.8 Å². The molecule has 0 aromatic heterocycles. The van der Waals surface area contributed by atoms with E-state index in [9.17, 15) is 0 Å². The van der Waals surface area contributed by atoms with Gasteiger partial charge in [-0.05, 0) is 134 Å². The number of hydrogen-bond acceptors (Lipinski definition) is 1. The van der Waals surface area contributed by atoms with Gasteiger partial charge in [0.1, 0.15) is 0 Å². The molecule has 0 amide bonds. The van der Waals surface area contributed by atoms with E-state index in [1.54, 1.807) is 0 Å². The van der Waals surface area contributed by atoms with Crippen molar-refractivity contribution in [3.05, 3.63) is 264 Å². The molecule has 2 atom stereocenters. The molecule has 2 unspecified atom stereocenters. The molecule has 0 saturated carbocycles. The Balaban J connectivity index is 1.20. The maximum Gasteiger partial charge on any atom is 0.0535 e. The molecule has 0 bridgehead atoms.